The molecule has 0 saturated carbocycles. The zero-order valence-corrected chi connectivity index (χ0v) is 27.6. The molecule has 8 bridgehead atoms. The van der Waals surface area contributed by atoms with Gasteiger partial charge < -0.3 is 9.97 Å². The van der Waals surface area contributed by atoms with Gasteiger partial charge in [0.25, 0.3) is 0 Å². The van der Waals surface area contributed by atoms with E-state index in [1.807, 2.05) is 36.8 Å². The maximum atomic E-state index is 5.31. The van der Waals surface area contributed by atoms with Gasteiger partial charge >= 0.3 is 0 Å². The van der Waals surface area contributed by atoms with Gasteiger partial charge in [-0.2, -0.15) is 0 Å². The third kappa shape index (κ3) is 5.28. The number of hydrogen-bond donors (Lipinski definition) is 2. The molecule has 2 N–H and O–H groups in total. The van der Waals surface area contributed by atoms with Crippen molar-refractivity contribution in [3.05, 3.63) is 149 Å². The van der Waals surface area contributed by atoms with Crippen LogP contribution in [0.5, 0.6) is 0 Å². The van der Waals surface area contributed by atoms with Gasteiger partial charge in [-0.1, -0.05) is 46.3 Å². The summed E-state index contributed by atoms with van der Waals surface area (Å²) < 4.78 is 1.01. The number of rotatable bonds is 4. The minimum absolute atomic E-state index is 0.829. The molecule has 8 heterocycles. The molecule has 0 radical (unpaired) electrons. The van der Waals surface area contributed by atoms with Gasteiger partial charge in [0.05, 0.1) is 22.8 Å². The van der Waals surface area contributed by atoms with E-state index >= 15 is 0 Å². The minimum Gasteiger partial charge on any atom is -0.354 e. The molecule has 6 aromatic heterocycles. The Morgan fingerprint density at radius 2 is 0.735 bits per heavy atom. The first-order chi connectivity index (χ1) is 24.2. The highest BCUT2D eigenvalue weighted by Crippen LogP contribution is 2.38. The normalized spacial score (nSPS) is 12.0. The van der Waals surface area contributed by atoms with Crippen LogP contribution in [0.3, 0.4) is 0 Å². The number of aromatic nitrogens is 7. The second kappa shape index (κ2) is 12.1. The highest BCUT2D eigenvalue weighted by molar-refractivity contribution is 9.10. The predicted molar refractivity (Wildman–Crippen MR) is 202 cm³/mol. The lowest BCUT2D eigenvalue weighted by Gasteiger charge is -2.06. The maximum Gasteiger partial charge on any atom is 0.0737 e. The number of fused-ring (bicyclic) bond motifs is 8. The van der Waals surface area contributed by atoms with E-state index in [0.29, 0.717) is 0 Å². The summed E-state index contributed by atoms with van der Waals surface area (Å²) in [6.07, 6.45) is 19.3. The van der Waals surface area contributed by atoms with Gasteiger partial charge in [0.2, 0.25) is 0 Å². The van der Waals surface area contributed by atoms with E-state index in [0.717, 1.165) is 93.8 Å². The molecule has 0 unspecified atom stereocenters. The SMILES string of the molecule is Brc1ccc(-c2c3nc(c(-c4cccnc4)c4ccc([nH]4)c(-c4cccnc4)c4nc(c(-c5cccnc5)c5ccc2[nH]5)C=C4)C=C3)cc1. The number of benzene rings is 1. The van der Waals surface area contributed by atoms with E-state index in [1.54, 1.807) is 18.6 Å². The quantitative estimate of drug-likeness (QED) is 0.191. The molecule has 0 spiro atoms. The second-order valence-corrected chi connectivity index (χ2v) is 12.7. The Bertz CT molecular complexity index is 2550. The van der Waals surface area contributed by atoms with Crippen molar-refractivity contribution in [2.45, 2.75) is 0 Å². The van der Waals surface area contributed by atoms with Crippen LogP contribution in [0.25, 0.3) is 90.9 Å². The standard InChI is InChI=1S/C41H26BrN7/c42-29-9-7-25(8-10-29)38-30-11-13-32(46-30)39(26-4-1-19-43-22-26)34-15-17-36(48-34)41(28-6-3-21-45-24-28)37-18-16-35(49-37)40(27-5-2-20-44-23-27)33-14-12-31(38)47-33/h1-24,46,49H. The van der Waals surface area contributed by atoms with Crippen molar-refractivity contribution < 1.29 is 0 Å². The number of nitrogens with one attached hydrogen (secondary N) is 2. The molecular formula is C41H26BrN7. The lowest BCUT2D eigenvalue weighted by atomic mass is 10.0. The van der Waals surface area contributed by atoms with Crippen molar-refractivity contribution in [2.75, 3.05) is 0 Å². The fourth-order valence-electron chi connectivity index (χ4n) is 6.57. The zero-order valence-electron chi connectivity index (χ0n) is 26.0. The Morgan fingerprint density at radius 3 is 1.06 bits per heavy atom. The predicted octanol–water partition coefficient (Wildman–Crippen LogP) is 10.3. The average Bonchev–Trinajstić information content (AvgIpc) is 3.98. The van der Waals surface area contributed by atoms with E-state index < -0.39 is 0 Å². The van der Waals surface area contributed by atoms with Crippen LogP contribution in [-0.4, -0.2) is 34.9 Å². The maximum absolute atomic E-state index is 5.31. The molecule has 49 heavy (non-hydrogen) atoms. The Morgan fingerprint density at radius 1 is 0.388 bits per heavy atom. The summed E-state index contributed by atoms with van der Waals surface area (Å²) in [6, 6.07) is 28.8. The molecule has 2 aliphatic heterocycles. The summed E-state index contributed by atoms with van der Waals surface area (Å²) in [5.41, 5.74) is 14.8. The summed E-state index contributed by atoms with van der Waals surface area (Å²) in [5, 5.41) is 0. The number of aromatic amines is 2. The molecule has 232 valence electrons. The van der Waals surface area contributed by atoms with Gasteiger partial charge in [-0.05, 0) is 84.5 Å². The van der Waals surface area contributed by atoms with E-state index in [4.69, 9.17) is 9.97 Å². The van der Waals surface area contributed by atoms with Gasteiger partial charge in [0, 0.05) is 103 Å². The average molecular weight is 697 g/mol. The summed E-state index contributed by atoms with van der Waals surface area (Å²) in [4.78, 5) is 31.5. The van der Waals surface area contributed by atoms with Gasteiger partial charge in [0.15, 0.2) is 0 Å². The molecule has 0 atom stereocenters. The molecule has 0 fully saturated rings. The lowest BCUT2D eigenvalue weighted by molar-refractivity contribution is 1.28. The number of hydrogen-bond acceptors (Lipinski definition) is 5. The molecule has 0 amide bonds. The molecule has 8 heteroatoms. The van der Waals surface area contributed by atoms with Gasteiger partial charge in [0.1, 0.15) is 0 Å². The van der Waals surface area contributed by atoms with Crippen LogP contribution in [0.1, 0.15) is 22.8 Å². The summed E-state index contributed by atoms with van der Waals surface area (Å²) in [7, 11) is 0. The zero-order chi connectivity index (χ0) is 32.7. The largest absolute Gasteiger partial charge is 0.354 e. The van der Waals surface area contributed by atoms with Crippen LogP contribution >= 0.6 is 15.9 Å². The van der Waals surface area contributed by atoms with E-state index in [-0.39, 0.29) is 0 Å². The lowest BCUT2D eigenvalue weighted by Crippen LogP contribution is -1.90. The Balaban J connectivity index is 1.48. The van der Waals surface area contributed by atoms with Crippen molar-refractivity contribution in [3.8, 4) is 44.5 Å². The van der Waals surface area contributed by atoms with Crippen LogP contribution in [-0.2, 0) is 0 Å². The van der Waals surface area contributed by atoms with E-state index in [9.17, 15) is 0 Å². The fourth-order valence-corrected chi connectivity index (χ4v) is 6.83. The highest BCUT2D eigenvalue weighted by Gasteiger charge is 2.19. The van der Waals surface area contributed by atoms with Crippen LogP contribution < -0.4 is 0 Å². The number of H-pyrrole nitrogens is 2. The van der Waals surface area contributed by atoms with Gasteiger partial charge in [-0.3, -0.25) is 15.0 Å². The molecule has 0 saturated heterocycles. The first kappa shape index (κ1) is 28.9. The summed E-state index contributed by atoms with van der Waals surface area (Å²) in [6.45, 7) is 0. The topological polar surface area (TPSA) is 96.0 Å². The number of nitrogens with zero attached hydrogens (tertiary/aromatic N) is 5. The number of halogens is 1. The van der Waals surface area contributed by atoms with E-state index in [2.05, 4.69) is 132 Å². The molecule has 0 aliphatic carbocycles. The molecule has 7 nitrogen and oxygen atoms in total. The van der Waals surface area contributed by atoms with Crippen molar-refractivity contribution in [3.63, 3.8) is 0 Å². The van der Waals surface area contributed by atoms with Crippen LogP contribution in [0, 0.1) is 0 Å². The second-order valence-electron chi connectivity index (χ2n) is 11.7. The summed E-state index contributed by atoms with van der Waals surface area (Å²) >= 11 is 3.61. The van der Waals surface area contributed by atoms with Crippen molar-refractivity contribution in [1.82, 2.24) is 34.9 Å². The molecule has 2 aliphatic rings. The van der Waals surface area contributed by atoms with Crippen molar-refractivity contribution >= 4 is 62.3 Å². The third-order valence-electron chi connectivity index (χ3n) is 8.74. The number of pyridine rings is 3. The Labute approximate surface area is 290 Å². The van der Waals surface area contributed by atoms with Gasteiger partial charge in [-0.15, -0.1) is 0 Å². The first-order valence-corrected chi connectivity index (χ1v) is 16.6. The first-order valence-electron chi connectivity index (χ1n) is 15.8. The van der Waals surface area contributed by atoms with Crippen LogP contribution in [0.4, 0.5) is 0 Å². The highest BCUT2D eigenvalue weighted by atomic mass is 79.9. The molecular weight excluding hydrogens is 670 g/mol. The smallest absolute Gasteiger partial charge is 0.0737 e. The van der Waals surface area contributed by atoms with Crippen LogP contribution in [0.15, 0.2) is 127 Å². The molecule has 1 aromatic carbocycles. The van der Waals surface area contributed by atoms with E-state index in [1.165, 1.54) is 0 Å². The Hall–Kier alpha value is -6.25. The van der Waals surface area contributed by atoms with Crippen molar-refractivity contribution in [2.24, 2.45) is 0 Å². The van der Waals surface area contributed by atoms with Gasteiger partial charge in [-0.25, -0.2) is 9.97 Å². The molecule has 9 rings (SSSR count). The Kier molecular flexibility index (Phi) is 7.13. The van der Waals surface area contributed by atoms with Crippen molar-refractivity contribution in [1.29, 1.82) is 0 Å². The minimum atomic E-state index is 0.829. The van der Waals surface area contributed by atoms with Crippen LogP contribution in [0.2, 0.25) is 0 Å². The monoisotopic (exact) mass is 695 g/mol. The fraction of sp³-hybridized carbons (Fsp3) is 0. The third-order valence-corrected chi connectivity index (χ3v) is 9.27. The summed E-state index contributed by atoms with van der Waals surface area (Å²) in [5.74, 6) is 0. The molecule has 7 aromatic rings.